The van der Waals surface area contributed by atoms with E-state index in [9.17, 15) is 32.2 Å². The van der Waals surface area contributed by atoms with Crippen molar-refractivity contribution in [2.24, 2.45) is 0 Å². The summed E-state index contributed by atoms with van der Waals surface area (Å²) in [5, 5.41) is 102. The minimum absolute atomic E-state index is 0.0426. The summed E-state index contributed by atoms with van der Waals surface area (Å²) < 4.78 is 129. The van der Waals surface area contributed by atoms with Crippen LogP contribution in [0, 0.1) is 0 Å². The molecule has 3 unspecified atom stereocenters. The molecule has 0 aromatic rings. The number of ether oxygens (including phenoxy) is 13. The van der Waals surface area contributed by atoms with Crippen LogP contribution < -0.4 is 0 Å². The van der Waals surface area contributed by atoms with E-state index in [0.29, 0.717) is 38.3 Å². The zero-order valence-corrected chi connectivity index (χ0v) is 54.9. The Morgan fingerprint density at radius 2 is 1.04 bits per heavy atom. The van der Waals surface area contributed by atoms with Crippen molar-refractivity contribution in [1.82, 2.24) is 0 Å². The van der Waals surface area contributed by atoms with E-state index in [1.807, 2.05) is 27.7 Å². The summed E-state index contributed by atoms with van der Waals surface area (Å²) in [5.41, 5.74) is 0. The quantitative estimate of drug-likeness (QED) is 0.0590. The molecule has 30 nitrogen and oxygen atoms in total. The van der Waals surface area contributed by atoms with E-state index >= 15 is 0 Å². The van der Waals surface area contributed by atoms with E-state index in [1.54, 1.807) is 55.4 Å². The third kappa shape index (κ3) is 21.5. The summed E-state index contributed by atoms with van der Waals surface area (Å²) in [5.74, 6) is -4.39. The van der Waals surface area contributed by atoms with Crippen LogP contribution in [0.5, 0.6) is 0 Å². The van der Waals surface area contributed by atoms with Crippen molar-refractivity contribution in [3.05, 3.63) is 0 Å². The molecule has 21 atom stereocenters. The maximum atomic E-state index is 11.8. The Balaban J connectivity index is 0.000000199. The topological polar surface area (TPSA) is 429 Å². The summed E-state index contributed by atoms with van der Waals surface area (Å²) in [4.78, 5) is 0.165. The Kier molecular flexibility index (Phi) is 26.4. The minimum atomic E-state index is -3.87. The van der Waals surface area contributed by atoms with Gasteiger partial charge in [-0.2, -0.15) is 16.8 Å². The monoisotopic (exact) mass is 1400 g/mol. The molecule has 0 amide bonds. The molecule has 0 bridgehead atoms. The first-order valence-electron chi connectivity index (χ1n) is 27.3. The zero-order chi connectivity index (χ0) is 63.5. The molecule has 9 fully saturated rings. The van der Waals surface area contributed by atoms with Gasteiger partial charge in [-0.05, 0) is 55.4 Å². The molecular weight excluding hydrogens is 1300 g/mol. The Morgan fingerprint density at radius 1 is 0.524 bits per heavy atom. The average Bonchev–Trinajstić information content (AvgIpc) is 2.58. The van der Waals surface area contributed by atoms with Crippen LogP contribution in [0.4, 0.5) is 0 Å². The van der Waals surface area contributed by atoms with Crippen LogP contribution >= 0.6 is 0 Å². The third-order valence-corrected chi connectivity index (χ3v) is 21.3. The molecule has 0 saturated carbocycles. The second kappa shape index (κ2) is 29.7. The van der Waals surface area contributed by atoms with Crippen LogP contribution in [0.15, 0.2) is 0 Å². The van der Waals surface area contributed by atoms with Gasteiger partial charge >= 0.3 is 179 Å². The SMILES string of the molecule is CC1(C)OC[C@H]([C@@H](O)[C@@H]2OC(C)(C)O[C@@H]2CO)O1.CC1(C)OC[C@H]([C@@H](OS(C)(=O)=O)[C@@H]2OC(C)(C)O[C@@H]2COS(C)(=O)=O)O1.CC1(C)O[C@H]2[C@H]([C@H]3COC(C)(C)O3)[Se]C[C@H]2O1.OCC1OC(O)C(O)[C@@H](O)[C@@H]1O.OC[C@@H](O)[C@@H]1[Se]C[C@@H](O)[C@H]1O. The molecule has 9 heterocycles. The molecule has 0 aromatic carbocycles. The van der Waals surface area contributed by atoms with E-state index in [-0.39, 0.29) is 64.5 Å². The van der Waals surface area contributed by atoms with Gasteiger partial charge in [-0.3, -0.25) is 8.37 Å². The Bertz CT molecular complexity index is 2280. The number of hydrogen-bond acceptors (Lipinski definition) is 30. The van der Waals surface area contributed by atoms with Gasteiger partial charge in [0, 0.05) is 0 Å². The summed E-state index contributed by atoms with van der Waals surface area (Å²) in [6.07, 6.45) is -13.3. The van der Waals surface area contributed by atoms with Gasteiger partial charge in [0.1, 0.15) is 73.2 Å². The first-order valence-corrected chi connectivity index (χ1v) is 35.4. The number of fused-ring (bicyclic) bond motifs is 1. The van der Waals surface area contributed by atoms with E-state index in [0.717, 1.165) is 17.8 Å². The molecule has 9 saturated heterocycles. The fourth-order valence-corrected chi connectivity index (χ4v) is 16.9. The van der Waals surface area contributed by atoms with Crippen molar-refractivity contribution >= 4 is 50.1 Å². The second-order valence-corrected chi connectivity index (χ2v) is 32.4. The maximum absolute atomic E-state index is 11.8. The fourth-order valence-electron chi connectivity index (χ4n) is 10.2. The molecule has 496 valence electrons. The van der Waals surface area contributed by atoms with Crippen molar-refractivity contribution in [2.75, 3.05) is 58.8 Å². The van der Waals surface area contributed by atoms with Gasteiger partial charge in [-0.15, -0.1) is 0 Å². The summed E-state index contributed by atoms with van der Waals surface area (Å²) in [6.45, 7) is 21.3. The van der Waals surface area contributed by atoms with Crippen molar-refractivity contribution in [3.63, 3.8) is 0 Å². The summed E-state index contributed by atoms with van der Waals surface area (Å²) in [7, 11) is -7.59. The first-order chi connectivity index (χ1) is 38.4. The van der Waals surface area contributed by atoms with E-state index < -0.39 is 159 Å². The van der Waals surface area contributed by atoms with Crippen LogP contribution in [-0.4, -0.2) is 313 Å². The van der Waals surface area contributed by atoms with Gasteiger partial charge in [0.2, 0.25) is 0 Å². The molecule has 0 aromatic heterocycles. The zero-order valence-electron chi connectivity index (χ0n) is 49.8. The van der Waals surface area contributed by atoms with Gasteiger partial charge < -0.3 is 78.4 Å². The molecule has 0 aliphatic carbocycles. The first kappa shape index (κ1) is 74.6. The van der Waals surface area contributed by atoms with E-state index in [1.165, 1.54) is 0 Å². The van der Waals surface area contributed by atoms with Gasteiger partial charge in [0.15, 0.2) is 29.4 Å². The Morgan fingerprint density at radius 3 is 1.51 bits per heavy atom. The molecule has 0 radical (unpaired) electrons. The number of aliphatic hydroxyl groups is 11. The normalized spacial score (nSPS) is 40.6. The van der Waals surface area contributed by atoms with Crippen LogP contribution in [0.25, 0.3) is 0 Å². The van der Waals surface area contributed by atoms with Crippen LogP contribution in [0.1, 0.15) is 83.1 Å². The average molecular weight is 1400 g/mol. The third-order valence-electron chi connectivity index (χ3n) is 13.8. The van der Waals surface area contributed by atoms with Gasteiger partial charge in [-0.1, -0.05) is 0 Å². The second-order valence-electron chi connectivity index (χ2n) is 24.1. The molecule has 34 heteroatoms. The molecule has 9 rings (SSSR count). The predicted molar refractivity (Wildman–Crippen MR) is 290 cm³/mol. The van der Waals surface area contributed by atoms with Crippen LogP contribution in [-0.2, 0) is 90.2 Å². The molecule has 11 N–H and O–H groups in total. The van der Waals surface area contributed by atoms with Gasteiger partial charge in [-0.25, -0.2) is 0 Å². The van der Waals surface area contributed by atoms with E-state index in [2.05, 4.69) is 4.74 Å². The molecular formula is C50H92O30S2Se2. The Hall–Kier alpha value is -0.101. The number of aliphatic hydroxyl groups excluding tert-OH is 11. The molecule has 9 aliphatic heterocycles. The summed E-state index contributed by atoms with van der Waals surface area (Å²) in [6, 6.07) is 0. The van der Waals surface area contributed by atoms with Crippen LogP contribution in [0.2, 0.25) is 20.3 Å². The summed E-state index contributed by atoms with van der Waals surface area (Å²) >= 11 is 0.571. The Labute approximate surface area is 503 Å². The number of rotatable bonds is 14. The fraction of sp³-hybridized carbons (Fsp3) is 1.00. The van der Waals surface area contributed by atoms with Crippen LogP contribution in [0.3, 0.4) is 0 Å². The van der Waals surface area contributed by atoms with E-state index in [4.69, 9.17) is 106 Å². The van der Waals surface area contributed by atoms with Crippen molar-refractivity contribution in [3.8, 4) is 0 Å². The molecule has 9 aliphatic rings. The predicted octanol–water partition coefficient (Wildman–Crippen LogP) is -3.66. The standard InChI is InChI=1S/C14H26O10S2.C12H22O6.C12H20O4Se.C6H12O6.C6H12O4Se/c1-13(2)19-7-9(21-13)12(24-26(6,17)18)11-10(8-20-25(5,15)16)22-14(3,4)23-11;1-11(2)15-6-8(17-11)9(14)10-7(5-13)16-12(3,4)18-10;1-11(2)13-5-7(14-11)10-9-8(6-17-10)15-12(3,4)16-9;7-1-2-3(8)4(9)5(10)6(11)12-2;7-1-3(8)6-5(10)4(9)2-11-6/h9-12H,7-8H2,1-6H3;7-10,13-14H,5-6H2,1-4H3;7-10H,5-6H2,1-4H3;2-11H,1H2;3-10H,1-2H2/t9-,10-,11-,12-;7-,8-,9-,10-;7-,8-,9-,10+;2?,3-,4+,5?,6?;3-,4-,5-,6+/m11111/s1. The van der Waals surface area contributed by atoms with Gasteiger partial charge in [0.25, 0.3) is 20.2 Å². The van der Waals surface area contributed by atoms with Gasteiger partial charge in [0.05, 0.1) is 45.5 Å². The van der Waals surface area contributed by atoms with Crippen molar-refractivity contribution in [2.45, 2.75) is 254 Å². The van der Waals surface area contributed by atoms with Crippen molar-refractivity contribution < 1.29 is 143 Å². The number of hydrogen-bond donors (Lipinski definition) is 11. The van der Waals surface area contributed by atoms with Crippen molar-refractivity contribution in [1.29, 1.82) is 0 Å². The molecule has 84 heavy (non-hydrogen) atoms. The molecule has 0 spiro atoms.